The predicted octanol–water partition coefficient (Wildman–Crippen LogP) is 1.89. The maximum absolute atomic E-state index is 8.73. The Kier molecular flexibility index (Phi) is 3.93. The summed E-state index contributed by atoms with van der Waals surface area (Å²) in [7, 11) is 1.87. The molecule has 4 heteroatoms. The van der Waals surface area contributed by atoms with Crippen LogP contribution < -0.4 is 5.32 Å². The monoisotopic (exact) mass is 253 g/mol. The Morgan fingerprint density at radius 3 is 3.00 bits per heavy atom. The number of hydrogen-bond acceptors (Lipinski definition) is 2. The summed E-state index contributed by atoms with van der Waals surface area (Å²) >= 11 is 3.27. The molecule has 1 heterocycles. The van der Waals surface area contributed by atoms with Gasteiger partial charge in [0, 0.05) is 30.8 Å². The molecule has 0 fully saturated rings. The van der Waals surface area contributed by atoms with Gasteiger partial charge in [0.2, 0.25) is 0 Å². The molecule has 1 N–H and O–H groups in total. The Bertz CT molecular complexity index is 373. The van der Waals surface area contributed by atoms with Gasteiger partial charge in [-0.3, -0.25) is 0 Å². The van der Waals surface area contributed by atoms with E-state index in [9.17, 15) is 0 Å². The van der Waals surface area contributed by atoms with Gasteiger partial charge in [-0.05, 0) is 11.6 Å². The summed E-state index contributed by atoms with van der Waals surface area (Å²) in [6.45, 7) is 5.20. The highest BCUT2D eigenvalue weighted by molar-refractivity contribution is 9.11. The smallest absolute Gasteiger partial charge is 0.120 e. The summed E-state index contributed by atoms with van der Waals surface area (Å²) in [5.41, 5.74) is 1.79. The fraction of sp³-hybridized carbons (Fsp3) is 0.300. The second-order valence-electron chi connectivity index (χ2n) is 3.08. The van der Waals surface area contributed by atoms with Crippen molar-refractivity contribution < 1.29 is 0 Å². The quantitative estimate of drug-likeness (QED) is 0.891. The standard InChI is InChI=1S/C10H12BrN3/c1-8(11)5-13-6-9-3-10(4-12)14(2)7-9/h3,7,13H,1,5-6H2,2H3. The minimum atomic E-state index is 0.680. The molecule has 1 aromatic heterocycles. The van der Waals surface area contributed by atoms with Crippen molar-refractivity contribution in [1.29, 1.82) is 5.26 Å². The molecule has 0 radical (unpaired) electrons. The molecular weight excluding hydrogens is 242 g/mol. The zero-order valence-electron chi connectivity index (χ0n) is 8.05. The number of aromatic nitrogens is 1. The van der Waals surface area contributed by atoms with Crippen LogP contribution in [-0.4, -0.2) is 11.1 Å². The highest BCUT2D eigenvalue weighted by atomic mass is 79.9. The van der Waals surface area contributed by atoms with Crippen molar-refractivity contribution in [1.82, 2.24) is 9.88 Å². The third kappa shape index (κ3) is 3.02. The van der Waals surface area contributed by atoms with E-state index in [1.807, 2.05) is 23.9 Å². The number of halogens is 1. The summed E-state index contributed by atoms with van der Waals surface area (Å²) in [4.78, 5) is 0. The van der Waals surface area contributed by atoms with Crippen molar-refractivity contribution in [3.05, 3.63) is 34.6 Å². The van der Waals surface area contributed by atoms with E-state index < -0.39 is 0 Å². The van der Waals surface area contributed by atoms with Crippen LogP contribution in [0.4, 0.5) is 0 Å². The number of nitrogens with zero attached hydrogens (tertiary/aromatic N) is 2. The Morgan fingerprint density at radius 2 is 2.50 bits per heavy atom. The maximum Gasteiger partial charge on any atom is 0.120 e. The molecule has 0 saturated heterocycles. The van der Waals surface area contributed by atoms with E-state index in [1.165, 1.54) is 0 Å². The molecule has 0 saturated carbocycles. The number of aryl methyl sites for hydroxylation is 1. The summed E-state index contributed by atoms with van der Waals surface area (Å²) in [5.74, 6) is 0. The Morgan fingerprint density at radius 1 is 1.79 bits per heavy atom. The first-order valence-electron chi connectivity index (χ1n) is 4.23. The fourth-order valence-electron chi connectivity index (χ4n) is 1.18. The van der Waals surface area contributed by atoms with Crippen LogP contribution >= 0.6 is 15.9 Å². The van der Waals surface area contributed by atoms with Crippen molar-refractivity contribution in [2.24, 2.45) is 7.05 Å². The van der Waals surface area contributed by atoms with Crippen LogP contribution in [-0.2, 0) is 13.6 Å². The number of hydrogen-bond donors (Lipinski definition) is 1. The number of nitriles is 1. The van der Waals surface area contributed by atoms with Gasteiger partial charge < -0.3 is 9.88 Å². The second-order valence-corrected chi connectivity index (χ2v) is 4.20. The van der Waals surface area contributed by atoms with Crippen molar-refractivity contribution in [2.75, 3.05) is 6.54 Å². The van der Waals surface area contributed by atoms with Gasteiger partial charge in [-0.1, -0.05) is 22.5 Å². The van der Waals surface area contributed by atoms with E-state index in [0.29, 0.717) is 5.69 Å². The molecule has 0 aliphatic carbocycles. The Balaban J connectivity index is 2.52. The van der Waals surface area contributed by atoms with E-state index in [4.69, 9.17) is 5.26 Å². The third-order valence-electron chi connectivity index (χ3n) is 1.82. The molecule has 0 spiro atoms. The van der Waals surface area contributed by atoms with Crippen LogP contribution in [0.5, 0.6) is 0 Å². The molecule has 0 amide bonds. The van der Waals surface area contributed by atoms with Crippen LogP contribution in [0.1, 0.15) is 11.3 Å². The molecule has 0 aliphatic rings. The third-order valence-corrected chi connectivity index (χ3v) is 2.10. The minimum Gasteiger partial charge on any atom is -0.342 e. The predicted molar refractivity (Wildman–Crippen MR) is 59.9 cm³/mol. The molecule has 0 aliphatic heterocycles. The highest BCUT2D eigenvalue weighted by Crippen LogP contribution is 2.06. The molecule has 0 aromatic carbocycles. The van der Waals surface area contributed by atoms with Gasteiger partial charge in [-0.25, -0.2) is 0 Å². The maximum atomic E-state index is 8.73. The van der Waals surface area contributed by atoms with Gasteiger partial charge in [0.15, 0.2) is 0 Å². The molecule has 1 rings (SSSR count). The Hall–Kier alpha value is -1.05. The zero-order valence-corrected chi connectivity index (χ0v) is 9.63. The normalized spacial score (nSPS) is 9.79. The fourth-order valence-corrected chi connectivity index (χ4v) is 1.38. The lowest BCUT2D eigenvalue weighted by atomic mass is 10.3. The first-order chi connectivity index (χ1) is 6.63. The molecule has 3 nitrogen and oxygen atoms in total. The van der Waals surface area contributed by atoms with Gasteiger partial charge in [0.1, 0.15) is 11.8 Å². The second kappa shape index (κ2) is 4.99. The summed E-state index contributed by atoms with van der Waals surface area (Å²) in [6, 6.07) is 4.00. The molecule has 0 atom stereocenters. The van der Waals surface area contributed by atoms with Gasteiger partial charge >= 0.3 is 0 Å². The van der Waals surface area contributed by atoms with E-state index in [-0.39, 0.29) is 0 Å². The van der Waals surface area contributed by atoms with E-state index in [0.717, 1.165) is 23.1 Å². The summed E-state index contributed by atoms with van der Waals surface area (Å²) in [5, 5.41) is 11.9. The van der Waals surface area contributed by atoms with E-state index in [2.05, 4.69) is 33.9 Å². The van der Waals surface area contributed by atoms with Crippen molar-refractivity contribution >= 4 is 15.9 Å². The van der Waals surface area contributed by atoms with E-state index >= 15 is 0 Å². The van der Waals surface area contributed by atoms with Crippen LogP contribution in [0.25, 0.3) is 0 Å². The Labute approximate surface area is 92.2 Å². The van der Waals surface area contributed by atoms with Gasteiger partial charge in [-0.15, -0.1) is 0 Å². The lowest BCUT2D eigenvalue weighted by Gasteiger charge is -1.99. The SMILES string of the molecule is C=C(Br)CNCc1cc(C#N)n(C)c1. The van der Waals surface area contributed by atoms with Crippen LogP contribution in [0.15, 0.2) is 23.3 Å². The molecular formula is C10H12BrN3. The van der Waals surface area contributed by atoms with Crippen molar-refractivity contribution in [2.45, 2.75) is 6.54 Å². The van der Waals surface area contributed by atoms with Gasteiger partial charge in [0.05, 0.1) is 0 Å². The number of nitrogens with one attached hydrogen (secondary N) is 1. The molecule has 14 heavy (non-hydrogen) atoms. The first kappa shape index (κ1) is 11.0. The first-order valence-corrected chi connectivity index (χ1v) is 5.02. The van der Waals surface area contributed by atoms with Gasteiger partial charge in [0.25, 0.3) is 0 Å². The average molecular weight is 254 g/mol. The highest BCUT2D eigenvalue weighted by Gasteiger charge is 2.01. The molecule has 1 aromatic rings. The molecule has 0 unspecified atom stereocenters. The summed E-state index contributed by atoms with van der Waals surface area (Å²) in [6.07, 6.45) is 1.95. The van der Waals surface area contributed by atoms with Crippen LogP contribution in [0.3, 0.4) is 0 Å². The van der Waals surface area contributed by atoms with Gasteiger partial charge in [-0.2, -0.15) is 5.26 Å². The average Bonchev–Trinajstić information content (AvgIpc) is 2.45. The zero-order chi connectivity index (χ0) is 10.6. The molecule has 74 valence electrons. The molecule has 0 bridgehead atoms. The van der Waals surface area contributed by atoms with Crippen LogP contribution in [0, 0.1) is 11.3 Å². The lowest BCUT2D eigenvalue weighted by Crippen LogP contribution is -2.13. The van der Waals surface area contributed by atoms with Crippen LogP contribution in [0.2, 0.25) is 0 Å². The lowest BCUT2D eigenvalue weighted by molar-refractivity contribution is 0.754. The largest absolute Gasteiger partial charge is 0.342 e. The van der Waals surface area contributed by atoms with Crippen molar-refractivity contribution in [3.8, 4) is 6.07 Å². The summed E-state index contributed by atoms with van der Waals surface area (Å²) < 4.78 is 2.74. The topological polar surface area (TPSA) is 40.8 Å². The van der Waals surface area contributed by atoms with Crippen molar-refractivity contribution in [3.63, 3.8) is 0 Å². The number of rotatable bonds is 4. The minimum absolute atomic E-state index is 0.680. The van der Waals surface area contributed by atoms with E-state index in [1.54, 1.807) is 0 Å².